The van der Waals surface area contributed by atoms with E-state index in [1.54, 1.807) is 57.4 Å². The fourth-order valence-corrected chi connectivity index (χ4v) is 3.83. The Hall–Kier alpha value is -4.37. The summed E-state index contributed by atoms with van der Waals surface area (Å²) < 4.78 is 23.4. The minimum atomic E-state index is -0.463. The Balaban J connectivity index is 0.000000424. The standard InChI is InChI=1S/C18H18O5.C16H21N2O.C2H6.BrH/c1-11-12(2)17(10-9-16(11)22-13(3)19)23-18(20)14-5-7-15(21-4)8-6-14;1-14-4-6-16(7-5-14)19-13-12-18-10-8-15(9-11-18)17(2)3;1-2;/h5-10H,1-4H3;4-11H,12-13H2,1-3H3;1-2H3;1H/q;+1;;/p-1. The Kier molecular flexibility index (Phi) is 17.0. The molecule has 4 aromatic rings. The number of ether oxygens (including phenoxy) is 4. The lowest BCUT2D eigenvalue weighted by Gasteiger charge is -2.13. The van der Waals surface area contributed by atoms with Crippen LogP contribution in [0.2, 0.25) is 0 Å². The molecule has 9 heteroatoms. The van der Waals surface area contributed by atoms with Gasteiger partial charge in [-0.05, 0) is 80.4 Å². The van der Waals surface area contributed by atoms with E-state index in [0.29, 0.717) is 29.4 Å². The quantitative estimate of drug-likeness (QED) is 0.151. The molecule has 0 fully saturated rings. The molecular formula is C36H45BrN2O6. The SMILES string of the molecule is CC.COc1ccc(C(=O)Oc2ccc(OC(C)=O)c(C)c2C)cc1.Cc1ccc(OCC[n+]2ccc(N(C)C)cc2)cc1.[Br-]. The van der Waals surface area contributed by atoms with Crippen molar-refractivity contribution < 1.29 is 50.1 Å². The number of aromatic nitrogens is 1. The van der Waals surface area contributed by atoms with Gasteiger partial charge >= 0.3 is 11.9 Å². The molecule has 0 atom stereocenters. The molecule has 0 aliphatic carbocycles. The van der Waals surface area contributed by atoms with E-state index in [4.69, 9.17) is 18.9 Å². The van der Waals surface area contributed by atoms with E-state index in [1.807, 2.05) is 40.1 Å². The second kappa shape index (κ2) is 19.8. The number of anilines is 1. The average Bonchev–Trinajstić information content (AvgIpc) is 3.03. The number of methoxy groups -OCH3 is 1. The third-order valence-electron chi connectivity index (χ3n) is 6.50. The van der Waals surface area contributed by atoms with Gasteiger partial charge in [0.25, 0.3) is 0 Å². The molecule has 45 heavy (non-hydrogen) atoms. The number of rotatable bonds is 9. The van der Waals surface area contributed by atoms with Crippen molar-refractivity contribution in [3.8, 4) is 23.0 Å². The summed E-state index contributed by atoms with van der Waals surface area (Å²) in [6.45, 7) is 12.5. The van der Waals surface area contributed by atoms with Crippen LogP contribution < -0.4 is 45.4 Å². The number of halogens is 1. The fraction of sp³-hybridized carbons (Fsp3) is 0.306. The van der Waals surface area contributed by atoms with E-state index in [-0.39, 0.29) is 17.0 Å². The predicted octanol–water partition coefficient (Wildman–Crippen LogP) is 3.91. The van der Waals surface area contributed by atoms with Gasteiger partial charge in [-0.15, -0.1) is 0 Å². The van der Waals surface area contributed by atoms with Gasteiger partial charge in [0.1, 0.15) is 29.6 Å². The zero-order valence-electron chi connectivity index (χ0n) is 27.7. The number of hydrogen-bond donors (Lipinski definition) is 0. The largest absolute Gasteiger partial charge is 1.00 e. The highest BCUT2D eigenvalue weighted by atomic mass is 79.9. The lowest BCUT2D eigenvalue weighted by molar-refractivity contribution is -0.697. The van der Waals surface area contributed by atoms with E-state index in [9.17, 15) is 9.59 Å². The molecule has 3 aromatic carbocycles. The van der Waals surface area contributed by atoms with Crippen LogP contribution in [0.5, 0.6) is 23.0 Å². The maximum absolute atomic E-state index is 12.2. The van der Waals surface area contributed by atoms with E-state index in [1.165, 1.54) is 18.2 Å². The number of aryl methyl sites for hydroxylation is 1. The maximum Gasteiger partial charge on any atom is 0.343 e. The minimum absolute atomic E-state index is 0. The van der Waals surface area contributed by atoms with Crippen molar-refractivity contribution in [2.24, 2.45) is 0 Å². The van der Waals surface area contributed by atoms with Crippen LogP contribution in [-0.2, 0) is 11.3 Å². The monoisotopic (exact) mass is 680 g/mol. The third kappa shape index (κ3) is 12.6. The molecule has 0 amide bonds. The van der Waals surface area contributed by atoms with Gasteiger partial charge in [-0.3, -0.25) is 4.79 Å². The fourth-order valence-electron chi connectivity index (χ4n) is 3.83. The van der Waals surface area contributed by atoms with E-state index < -0.39 is 11.9 Å². The molecule has 0 aliphatic heterocycles. The van der Waals surface area contributed by atoms with Gasteiger partial charge in [-0.1, -0.05) is 31.5 Å². The number of benzene rings is 3. The Labute approximate surface area is 278 Å². The predicted molar refractivity (Wildman–Crippen MR) is 174 cm³/mol. The first-order valence-corrected chi connectivity index (χ1v) is 14.6. The van der Waals surface area contributed by atoms with E-state index >= 15 is 0 Å². The summed E-state index contributed by atoms with van der Waals surface area (Å²) in [6.07, 6.45) is 4.15. The molecule has 1 heterocycles. The summed E-state index contributed by atoms with van der Waals surface area (Å²) in [7, 11) is 5.64. The Morgan fingerprint density at radius 2 is 1.24 bits per heavy atom. The van der Waals surface area contributed by atoms with Crippen LogP contribution in [0, 0.1) is 20.8 Å². The molecule has 0 aliphatic rings. The highest BCUT2D eigenvalue weighted by Crippen LogP contribution is 2.30. The summed E-state index contributed by atoms with van der Waals surface area (Å²) in [6, 6.07) is 22.2. The van der Waals surface area contributed by atoms with Gasteiger partial charge in [-0.2, -0.15) is 0 Å². The molecule has 242 valence electrons. The number of nitrogens with zero attached hydrogens (tertiary/aromatic N) is 2. The van der Waals surface area contributed by atoms with E-state index in [0.717, 1.165) is 23.4 Å². The zero-order chi connectivity index (χ0) is 32.6. The average molecular weight is 682 g/mol. The van der Waals surface area contributed by atoms with Gasteiger partial charge in [0.15, 0.2) is 18.9 Å². The highest BCUT2D eigenvalue weighted by molar-refractivity contribution is 5.91. The van der Waals surface area contributed by atoms with Crippen molar-refractivity contribution in [1.29, 1.82) is 0 Å². The highest BCUT2D eigenvalue weighted by Gasteiger charge is 2.14. The Morgan fingerprint density at radius 1 is 0.733 bits per heavy atom. The van der Waals surface area contributed by atoms with Crippen LogP contribution >= 0.6 is 0 Å². The molecule has 0 unspecified atom stereocenters. The summed E-state index contributed by atoms with van der Waals surface area (Å²) in [5.41, 5.74) is 4.37. The van der Waals surface area contributed by atoms with Crippen molar-refractivity contribution in [1.82, 2.24) is 0 Å². The Morgan fingerprint density at radius 3 is 1.73 bits per heavy atom. The molecule has 1 aromatic heterocycles. The number of carbonyl (C=O) groups excluding carboxylic acids is 2. The van der Waals surface area contributed by atoms with Gasteiger partial charge in [0.2, 0.25) is 0 Å². The molecule has 0 saturated carbocycles. The number of hydrogen-bond acceptors (Lipinski definition) is 7. The minimum Gasteiger partial charge on any atom is -1.00 e. The second-order valence-electron chi connectivity index (χ2n) is 9.87. The summed E-state index contributed by atoms with van der Waals surface area (Å²) in [5.74, 6) is 1.62. The molecule has 0 N–H and O–H groups in total. The summed E-state index contributed by atoms with van der Waals surface area (Å²) >= 11 is 0. The molecule has 0 bridgehead atoms. The van der Waals surface area contributed by atoms with Crippen LogP contribution in [0.1, 0.15) is 47.8 Å². The van der Waals surface area contributed by atoms with Crippen molar-refractivity contribution in [2.75, 3.05) is 32.7 Å². The van der Waals surface area contributed by atoms with E-state index in [2.05, 4.69) is 53.0 Å². The van der Waals surface area contributed by atoms with Gasteiger partial charge in [-0.25, -0.2) is 9.36 Å². The third-order valence-corrected chi connectivity index (χ3v) is 6.50. The first kappa shape index (κ1) is 38.7. The number of carbonyl (C=O) groups is 2. The smallest absolute Gasteiger partial charge is 0.343 e. The number of pyridine rings is 1. The van der Waals surface area contributed by atoms with Crippen molar-refractivity contribution in [3.63, 3.8) is 0 Å². The van der Waals surface area contributed by atoms with Crippen LogP contribution in [0.15, 0.2) is 85.2 Å². The lowest BCUT2D eigenvalue weighted by atomic mass is 10.1. The molecule has 8 nitrogen and oxygen atoms in total. The Bertz CT molecular complexity index is 1470. The van der Waals surface area contributed by atoms with Crippen LogP contribution in [0.4, 0.5) is 5.69 Å². The van der Waals surface area contributed by atoms with Gasteiger partial charge < -0.3 is 40.8 Å². The van der Waals surface area contributed by atoms with Crippen LogP contribution in [0.25, 0.3) is 0 Å². The van der Waals surface area contributed by atoms with Gasteiger partial charge in [0.05, 0.1) is 12.7 Å². The maximum atomic E-state index is 12.2. The second-order valence-corrected chi connectivity index (χ2v) is 9.87. The van der Waals surface area contributed by atoms with Crippen molar-refractivity contribution >= 4 is 17.6 Å². The van der Waals surface area contributed by atoms with Crippen LogP contribution in [-0.4, -0.2) is 39.8 Å². The molecule has 4 rings (SSSR count). The molecule has 0 radical (unpaired) electrons. The van der Waals surface area contributed by atoms with Gasteiger partial charge in [0, 0.05) is 38.8 Å². The normalized spacial score (nSPS) is 9.62. The van der Waals surface area contributed by atoms with Crippen molar-refractivity contribution in [2.45, 2.75) is 48.1 Å². The lowest BCUT2D eigenvalue weighted by Crippen LogP contribution is -3.00. The van der Waals surface area contributed by atoms with Crippen LogP contribution in [0.3, 0.4) is 0 Å². The summed E-state index contributed by atoms with van der Waals surface area (Å²) in [4.78, 5) is 25.3. The first-order valence-electron chi connectivity index (χ1n) is 14.6. The molecule has 0 spiro atoms. The topological polar surface area (TPSA) is 78.2 Å². The first-order chi connectivity index (χ1) is 21.1. The van der Waals surface area contributed by atoms with Crippen molar-refractivity contribution in [3.05, 3.63) is 107 Å². The summed E-state index contributed by atoms with van der Waals surface area (Å²) in [5, 5.41) is 0. The number of esters is 2. The molecular weight excluding hydrogens is 636 g/mol. The zero-order valence-corrected chi connectivity index (χ0v) is 29.3. The molecule has 0 saturated heterocycles.